The molecule has 0 saturated carbocycles. The summed E-state index contributed by atoms with van der Waals surface area (Å²) in [4.78, 5) is 0. The van der Waals surface area contributed by atoms with Crippen LogP contribution in [0.2, 0.25) is 0 Å². The van der Waals surface area contributed by atoms with Crippen molar-refractivity contribution in [3.63, 3.8) is 0 Å². The average Bonchev–Trinajstić information content (AvgIpc) is 3.44. The Labute approximate surface area is 475 Å². The number of benzene rings is 8. The number of ether oxygens (including phenoxy) is 4. The minimum atomic E-state index is -3.59. The summed E-state index contributed by atoms with van der Waals surface area (Å²) < 4.78 is 79.6. The van der Waals surface area contributed by atoms with Gasteiger partial charge in [-0.3, -0.25) is 9.13 Å². The Balaban J connectivity index is 1.38. The van der Waals surface area contributed by atoms with E-state index < -0.39 is 31.0 Å². The van der Waals surface area contributed by atoms with Gasteiger partial charge in [-0.1, -0.05) is 146 Å². The van der Waals surface area contributed by atoms with Gasteiger partial charge in [-0.15, -0.1) is 0 Å². The van der Waals surface area contributed by atoms with E-state index in [-0.39, 0.29) is 38.8 Å². The summed E-state index contributed by atoms with van der Waals surface area (Å²) in [5, 5.41) is 7.05. The topological polar surface area (TPSA) is 108 Å². The maximum absolute atomic E-state index is 14.6. The van der Waals surface area contributed by atoms with E-state index in [4.69, 9.17) is 37.0 Å². The fraction of sp³-hybridized carbons (Fsp3) is 0.273. The third-order valence-electron chi connectivity index (χ3n) is 14.0. The lowest BCUT2D eigenvalue weighted by molar-refractivity contribution is 0.218. The number of hydrogen-bond acceptors (Lipinski definition) is 10. The van der Waals surface area contributed by atoms with Crippen molar-refractivity contribution in [1.82, 2.24) is 0 Å². The van der Waals surface area contributed by atoms with Crippen LogP contribution < -0.4 is 50.8 Å². The maximum Gasteiger partial charge on any atom is 0.335 e. The SMILES string of the molecule is CCOP(=O)(Cc1cc2c(OC)c(c1)Cc1cc(P(c3ccccc3)c3ccccc3)cc(c1OC)Cc1cc(CP(=O)(OCC)OCC)cc(c1OC)Cc1cc(P(c3ccccc3)c3ccccc3)cc(c1OC)C2)OCC. The summed E-state index contributed by atoms with van der Waals surface area (Å²) in [5.74, 6) is 2.85. The van der Waals surface area contributed by atoms with Gasteiger partial charge in [-0.25, -0.2) is 0 Å². The molecular weight excluding hydrogens is 1080 g/mol. The first kappa shape index (κ1) is 58.8. The molecule has 1 aliphatic rings. The summed E-state index contributed by atoms with van der Waals surface area (Å²) in [7, 11) is -2.47. The predicted octanol–water partition coefficient (Wildman–Crippen LogP) is 13.4. The molecule has 0 fully saturated rings. The third-order valence-corrected chi connectivity index (χ3v) is 22.9. The fourth-order valence-electron chi connectivity index (χ4n) is 11.2. The molecule has 9 rings (SSSR count). The highest BCUT2D eigenvalue weighted by Crippen LogP contribution is 2.54. The summed E-state index contributed by atoms with van der Waals surface area (Å²) in [6.45, 7) is 8.29. The number of hydrogen-bond donors (Lipinski definition) is 0. The summed E-state index contributed by atoms with van der Waals surface area (Å²) in [6, 6.07) is 60.2. The second-order valence-electron chi connectivity index (χ2n) is 19.4. The smallest absolute Gasteiger partial charge is 0.335 e. The minimum absolute atomic E-state index is 0.0560. The third kappa shape index (κ3) is 13.5. The van der Waals surface area contributed by atoms with Crippen LogP contribution in [0, 0.1) is 0 Å². The highest BCUT2D eigenvalue weighted by Gasteiger charge is 2.31. The normalized spacial score (nSPS) is 12.6. The molecule has 0 saturated heterocycles. The molecule has 0 unspecified atom stereocenters. The van der Waals surface area contributed by atoms with Gasteiger partial charge >= 0.3 is 15.2 Å². The van der Waals surface area contributed by atoms with Crippen molar-refractivity contribution in [1.29, 1.82) is 0 Å². The van der Waals surface area contributed by atoms with Crippen LogP contribution in [-0.4, -0.2) is 54.9 Å². The molecule has 0 aliphatic heterocycles. The first-order valence-corrected chi connectivity index (χ1v) is 33.4. The molecule has 8 bridgehead atoms. The molecule has 10 nitrogen and oxygen atoms in total. The van der Waals surface area contributed by atoms with E-state index in [1.165, 1.54) is 21.2 Å². The van der Waals surface area contributed by atoms with Gasteiger partial charge in [-0.05, 0) is 155 Å². The zero-order valence-electron chi connectivity index (χ0n) is 47.1. The monoisotopic (exact) mass is 1150 g/mol. The molecular formula is C66H72O10P4. The summed E-state index contributed by atoms with van der Waals surface area (Å²) in [6.07, 6.45) is 1.66. The second kappa shape index (κ2) is 27.3. The van der Waals surface area contributed by atoms with Crippen molar-refractivity contribution in [2.45, 2.75) is 65.7 Å². The van der Waals surface area contributed by atoms with Gasteiger partial charge in [0.05, 0.1) is 67.2 Å². The molecule has 8 aromatic rings. The van der Waals surface area contributed by atoms with Crippen molar-refractivity contribution in [3.05, 3.63) is 225 Å². The first-order chi connectivity index (χ1) is 39.0. The molecule has 0 atom stereocenters. The van der Waals surface area contributed by atoms with Gasteiger partial charge in [0.15, 0.2) is 0 Å². The Kier molecular flexibility index (Phi) is 20.0. The number of fused-ring (bicyclic) bond motifs is 8. The average molecular weight is 1150 g/mol. The molecule has 0 spiro atoms. The fourth-order valence-corrected chi connectivity index (χ4v) is 19.3. The standard InChI is InChI=1S/C66H72O10P4/c1-9-73-79(67,74-10-2)45-47-33-49-37-53-41-61(77(57-25-17-13-18-26-57)58-27-19-14-20-28-58)43-55(65(53)71-7)39-51-35-48(46-80(68,75-11-3)76-12-4)36-52(64(51)70-6)40-56-44-62(42-54(66(56)72-8)38-50(34-47)63(49)69-5)78(59-29-21-15-22-30-59)60-31-23-16-24-32-60/h13-36,41-44H,9-12,37-40,45-46H2,1-8H3. The van der Waals surface area contributed by atoms with Crippen LogP contribution in [0.3, 0.4) is 0 Å². The lowest BCUT2D eigenvalue weighted by Crippen LogP contribution is -2.22. The van der Waals surface area contributed by atoms with Gasteiger partial charge in [0.25, 0.3) is 0 Å². The van der Waals surface area contributed by atoms with Crippen LogP contribution in [0.4, 0.5) is 0 Å². The molecule has 1 aliphatic carbocycles. The molecule has 0 amide bonds. The van der Waals surface area contributed by atoms with Gasteiger partial charge in [-0.2, -0.15) is 0 Å². The van der Waals surface area contributed by atoms with Gasteiger partial charge in [0.1, 0.15) is 23.0 Å². The van der Waals surface area contributed by atoms with E-state index in [0.29, 0.717) is 37.2 Å². The molecule has 0 aromatic heterocycles. The molecule has 80 heavy (non-hydrogen) atoms. The summed E-state index contributed by atoms with van der Waals surface area (Å²) >= 11 is 0. The van der Waals surface area contributed by atoms with E-state index in [2.05, 4.69) is 170 Å². The molecule has 8 aromatic carbocycles. The predicted molar refractivity (Wildman–Crippen MR) is 330 cm³/mol. The van der Waals surface area contributed by atoms with E-state index in [9.17, 15) is 9.13 Å². The van der Waals surface area contributed by atoms with Crippen LogP contribution in [0.15, 0.2) is 170 Å². The molecule has 416 valence electrons. The van der Waals surface area contributed by atoms with Crippen LogP contribution in [0.25, 0.3) is 0 Å². The molecule has 0 heterocycles. The largest absolute Gasteiger partial charge is 0.496 e. The van der Waals surface area contributed by atoms with E-state index in [1.54, 1.807) is 28.4 Å². The summed E-state index contributed by atoms with van der Waals surface area (Å²) in [5.41, 5.74) is 8.88. The lowest BCUT2D eigenvalue weighted by atomic mass is 9.90. The highest BCUT2D eigenvalue weighted by molar-refractivity contribution is 7.80. The number of methoxy groups -OCH3 is 4. The number of rotatable bonds is 22. The van der Waals surface area contributed by atoms with Crippen molar-refractivity contribution in [2.75, 3.05) is 54.9 Å². The lowest BCUT2D eigenvalue weighted by Gasteiger charge is -2.26. The van der Waals surface area contributed by atoms with Gasteiger partial charge < -0.3 is 37.0 Å². The first-order valence-electron chi connectivity index (χ1n) is 27.3. The van der Waals surface area contributed by atoms with Crippen LogP contribution in [0.1, 0.15) is 83.3 Å². The zero-order chi connectivity index (χ0) is 56.2. The van der Waals surface area contributed by atoms with Crippen molar-refractivity contribution >= 4 is 62.9 Å². The van der Waals surface area contributed by atoms with Crippen LogP contribution in [-0.2, 0) is 65.2 Å². The minimum Gasteiger partial charge on any atom is -0.496 e. The van der Waals surface area contributed by atoms with Crippen LogP contribution in [0.5, 0.6) is 23.0 Å². The van der Waals surface area contributed by atoms with Gasteiger partial charge in [0, 0.05) is 25.7 Å². The van der Waals surface area contributed by atoms with E-state index in [0.717, 1.165) is 77.7 Å². The quantitative estimate of drug-likeness (QED) is 0.0609. The maximum atomic E-state index is 14.6. The van der Waals surface area contributed by atoms with Crippen molar-refractivity contribution < 1.29 is 46.2 Å². The Morgan fingerprint density at radius 3 is 0.738 bits per heavy atom. The van der Waals surface area contributed by atoms with Crippen molar-refractivity contribution in [2.24, 2.45) is 0 Å². The van der Waals surface area contributed by atoms with E-state index in [1.807, 2.05) is 27.7 Å². The van der Waals surface area contributed by atoms with Crippen LogP contribution >= 0.6 is 31.0 Å². The van der Waals surface area contributed by atoms with Crippen molar-refractivity contribution in [3.8, 4) is 23.0 Å². The Bertz CT molecular complexity index is 3040. The molecule has 0 N–H and O–H groups in total. The molecule has 14 heteroatoms. The van der Waals surface area contributed by atoms with E-state index >= 15 is 0 Å². The Morgan fingerprint density at radius 2 is 0.537 bits per heavy atom. The highest BCUT2D eigenvalue weighted by atomic mass is 31.2. The Morgan fingerprint density at radius 1 is 0.325 bits per heavy atom. The molecule has 0 radical (unpaired) electrons. The zero-order valence-corrected chi connectivity index (χ0v) is 50.7. The second-order valence-corrected chi connectivity index (χ2v) is 28.0. The Hall–Kier alpha value is -5.88. The van der Waals surface area contributed by atoms with Gasteiger partial charge in [0.2, 0.25) is 0 Å².